The molecule has 0 aliphatic carbocycles. The molecule has 0 radical (unpaired) electrons. The summed E-state index contributed by atoms with van der Waals surface area (Å²) in [7, 11) is 1.41. The average Bonchev–Trinajstić information content (AvgIpc) is 2.97. The predicted molar refractivity (Wildman–Crippen MR) is 87.2 cm³/mol. The molecule has 0 spiro atoms. The Morgan fingerprint density at radius 1 is 1.33 bits per heavy atom. The first-order valence-corrected chi connectivity index (χ1v) is 7.54. The van der Waals surface area contributed by atoms with Crippen LogP contribution in [-0.4, -0.2) is 18.2 Å². The highest BCUT2D eigenvalue weighted by Crippen LogP contribution is 2.22. The van der Waals surface area contributed by atoms with E-state index in [0.717, 1.165) is 5.39 Å². The number of para-hydroxylation sites is 1. The van der Waals surface area contributed by atoms with Gasteiger partial charge < -0.3 is 14.6 Å². The van der Waals surface area contributed by atoms with Crippen molar-refractivity contribution >= 4 is 16.9 Å². The molecule has 0 aliphatic rings. The Balaban J connectivity index is 1.69. The van der Waals surface area contributed by atoms with Crippen LogP contribution in [0.1, 0.15) is 24.2 Å². The molecule has 1 aromatic heterocycles. The second-order valence-electron chi connectivity index (χ2n) is 5.49. The Morgan fingerprint density at radius 3 is 2.88 bits per heavy atom. The first-order chi connectivity index (χ1) is 11.6. The summed E-state index contributed by atoms with van der Waals surface area (Å²) in [5, 5.41) is 7.59. The van der Waals surface area contributed by atoms with Crippen LogP contribution >= 0.6 is 0 Å². The lowest BCUT2D eigenvalue weighted by molar-refractivity contribution is -0.121. The molecule has 0 saturated heterocycles. The normalized spacial score (nSPS) is 12.1. The van der Waals surface area contributed by atoms with Crippen LogP contribution in [0.2, 0.25) is 0 Å². The number of halogens is 1. The van der Waals surface area contributed by atoms with Crippen molar-refractivity contribution in [3.05, 3.63) is 59.5 Å². The molecule has 1 amide bonds. The Hall–Kier alpha value is -2.89. The van der Waals surface area contributed by atoms with Gasteiger partial charge in [-0.05, 0) is 36.8 Å². The van der Waals surface area contributed by atoms with Gasteiger partial charge in [0, 0.05) is 5.39 Å². The predicted octanol–water partition coefficient (Wildman–Crippen LogP) is 3.40. The third kappa shape index (κ3) is 3.22. The lowest BCUT2D eigenvalue weighted by Crippen LogP contribution is -2.28. The molecule has 24 heavy (non-hydrogen) atoms. The summed E-state index contributed by atoms with van der Waals surface area (Å²) in [6, 6.07) is 11.6. The van der Waals surface area contributed by atoms with E-state index < -0.39 is 5.82 Å². The number of ether oxygens (including phenoxy) is 1. The van der Waals surface area contributed by atoms with Crippen molar-refractivity contribution in [3.63, 3.8) is 0 Å². The summed E-state index contributed by atoms with van der Waals surface area (Å²) in [4.78, 5) is 12.2. The fraction of sp³-hybridized carbons (Fsp3) is 0.222. The van der Waals surface area contributed by atoms with Crippen LogP contribution in [0.3, 0.4) is 0 Å². The number of rotatable bonds is 5. The number of aromatic nitrogens is 1. The van der Waals surface area contributed by atoms with E-state index in [-0.39, 0.29) is 24.1 Å². The standard InChI is InChI=1S/C18H17FN2O3/c1-11(12-7-8-17(23-2)14(19)9-12)20-18(22)10-15-13-5-3-4-6-16(13)24-21-15/h3-9,11H,10H2,1-2H3,(H,20,22). The molecular weight excluding hydrogens is 311 g/mol. The maximum Gasteiger partial charge on any atom is 0.226 e. The zero-order valence-electron chi connectivity index (χ0n) is 13.4. The van der Waals surface area contributed by atoms with Gasteiger partial charge in [0.15, 0.2) is 17.1 Å². The van der Waals surface area contributed by atoms with Gasteiger partial charge in [-0.1, -0.05) is 23.4 Å². The average molecular weight is 328 g/mol. The molecule has 1 heterocycles. The highest BCUT2D eigenvalue weighted by atomic mass is 19.1. The quantitative estimate of drug-likeness (QED) is 0.780. The molecule has 3 aromatic rings. The fourth-order valence-corrected chi connectivity index (χ4v) is 2.55. The second kappa shape index (κ2) is 6.70. The molecule has 0 bridgehead atoms. The minimum atomic E-state index is -0.460. The van der Waals surface area contributed by atoms with Crippen molar-refractivity contribution in [1.29, 1.82) is 0 Å². The topological polar surface area (TPSA) is 64.4 Å². The van der Waals surface area contributed by atoms with Crippen molar-refractivity contribution in [2.24, 2.45) is 0 Å². The van der Waals surface area contributed by atoms with E-state index in [0.29, 0.717) is 16.8 Å². The van der Waals surface area contributed by atoms with E-state index >= 15 is 0 Å². The summed E-state index contributed by atoms with van der Waals surface area (Å²) < 4.78 is 23.8. The number of benzene rings is 2. The van der Waals surface area contributed by atoms with E-state index in [1.165, 1.54) is 13.2 Å². The Kier molecular flexibility index (Phi) is 4.46. The highest BCUT2D eigenvalue weighted by molar-refractivity contribution is 5.86. The fourth-order valence-electron chi connectivity index (χ4n) is 2.55. The molecule has 5 nitrogen and oxygen atoms in total. The highest BCUT2D eigenvalue weighted by Gasteiger charge is 2.15. The molecule has 3 rings (SSSR count). The molecule has 124 valence electrons. The lowest BCUT2D eigenvalue weighted by Gasteiger charge is -2.15. The number of carbonyl (C=O) groups excluding carboxylic acids is 1. The van der Waals surface area contributed by atoms with Gasteiger partial charge in [-0.2, -0.15) is 0 Å². The Morgan fingerprint density at radius 2 is 2.12 bits per heavy atom. The summed E-state index contributed by atoms with van der Waals surface area (Å²) in [5.41, 5.74) is 1.88. The molecule has 0 fully saturated rings. The first-order valence-electron chi connectivity index (χ1n) is 7.54. The molecular formula is C18H17FN2O3. The molecule has 1 unspecified atom stereocenters. The zero-order chi connectivity index (χ0) is 17.1. The van der Waals surface area contributed by atoms with Crippen molar-refractivity contribution in [2.75, 3.05) is 7.11 Å². The van der Waals surface area contributed by atoms with Crippen LogP contribution in [0.5, 0.6) is 5.75 Å². The van der Waals surface area contributed by atoms with Crippen molar-refractivity contribution in [3.8, 4) is 5.75 Å². The van der Waals surface area contributed by atoms with E-state index in [1.807, 2.05) is 18.2 Å². The van der Waals surface area contributed by atoms with E-state index in [2.05, 4.69) is 10.5 Å². The number of amides is 1. The summed E-state index contributed by atoms with van der Waals surface area (Å²) in [6.45, 7) is 1.79. The van der Waals surface area contributed by atoms with Crippen LogP contribution in [0.4, 0.5) is 4.39 Å². The molecule has 1 N–H and O–H groups in total. The minimum Gasteiger partial charge on any atom is -0.494 e. The van der Waals surface area contributed by atoms with Crippen LogP contribution in [0, 0.1) is 5.82 Å². The van der Waals surface area contributed by atoms with Gasteiger partial charge in [-0.25, -0.2) is 4.39 Å². The second-order valence-corrected chi connectivity index (χ2v) is 5.49. The van der Waals surface area contributed by atoms with Gasteiger partial charge in [-0.15, -0.1) is 0 Å². The molecule has 2 aromatic carbocycles. The van der Waals surface area contributed by atoms with E-state index in [9.17, 15) is 9.18 Å². The minimum absolute atomic E-state index is 0.0972. The Bertz CT molecular complexity index is 876. The van der Waals surface area contributed by atoms with Gasteiger partial charge in [0.25, 0.3) is 0 Å². The third-order valence-corrected chi connectivity index (χ3v) is 3.83. The van der Waals surface area contributed by atoms with Crippen molar-refractivity contribution < 1.29 is 18.4 Å². The lowest BCUT2D eigenvalue weighted by atomic mass is 10.1. The molecule has 0 aliphatic heterocycles. The number of methoxy groups -OCH3 is 1. The monoisotopic (exact) mass is 328 g/mol. The molecule has 0 saturated carbocycles. The maximum atomic E-state index is 13.8. The summed E-state index contributed by atoms with van der Waals surface area (Å²) >= 11 is 0. The Labute approximate surface area is 138 Å². The van der Waals surface area contributed by atoms with Crippen molar-refractivity contribution in [2.45, 2.75) is 19.4 Å². The van der Waals surface area contributed by atoms with E-state index in [1.54, 1.807) is 25.1 Å². The largest absolute Gasteiger partial charge is 0.494 e. The maximum absolute atomic E-state index is 13.8. The number of nitrogens with one attached hydrogen (secondary N) is 1. The zero-order valence-corrected chi connectivity index (χ0v) is 13.4. The number of hydrogen-bond acceptors (Lipinski definition) is 4. The summed E-state index contributed by atoms with van der Waals surface area (Å²) in [5.74, 6) is -0.497. The van der Waals surface area contributed by atoms with Crippen molar-refractivity contribution in [1.82, 2.24) is 10.5 Å². The van der Waals surface area contributed by atoms with Gasteiger partial charge in [-0.3, -0.25) is 4.79 Å². The number of hydrogen-bond donors (Lipinski definition) is 1. The number of fused-ring (bicyclic) bond motifs is 1. The van der Waals surface area contributed by atoms with Crippen LogP contribution in [0.15, 0.2) is 47.0 Å². The third-order valence-electron chi connectivity index (χ3n) is 3.83. The van der Waals surface area contributed by atoms with Crippen LogP contribution < -0.4 is 10.1 Å². The summed E-state index contributed by atoms with van der Waals surface area (Å²) in [6.07, 6.45) is 0.0972. The van der Waals surface area contributed by atoms with Gasteiger partial charge >= 0.3 is 0 Å². The number of nitrogens with zero attached hydrogens (tertiary/aromatic N) is 1. The SMILES string of the molecule is COc1ccc(C(C)NC(=O)Cc2noc3ccccc23)cc1F. The molecule has 1 atom stereocenters. The molecule has 6 heteroatoms. The van der Waals surface area contributed by atoms with E-state index in [4.69, 9.17) is 9.26 Å². The van der Waals surface area contributed by atoms with Gasteiger partial charge in [0.1, 0.15) is 5.69 Å². The van der Waals surface area contributed by atoms with Crippen LogP contribution in [0.25, 0.3) is 11.0 Å². The smallest absolute Gasteiger partial charge is 0.226 e. The van der Waals surface area contributed by atoms with Crippen LogP contribution in [-0.2, 0) is 11.2 Å². The van der Waals surface area contributed by atoms with Gasteiger partial charge in [0.2, 0.25) is 5.91 Å². The van der Waals surface area contributed by atoms with Gasteiger partial charge in [0.05, 0.1) is 19.6 Å². The first kappa shape index (κ1) is 16.0. The number of carbonyl (C=O) groups is 1.